The lowest BCUT2D eigenvalue weighted by Crippen LogP contribution is -2.33. The van der Waals surface area contributed by atoms with Crippen LogP contribution in [0.25, 0.3) is 0 Å². The number of carbonyl (C=O) groups excluding carboxylic acids is 1. The second kappa shape index (κ2) is 13.1. The van der Waals surface area contributed by atoms with Crippen molar-refractivity contribution < 1.29 is 22.5 Å². The Balaban J connectivity index is 1.79. The molecule has 0 bridgehead atoms. The van der Waals surface area contributed by atoms with Gasteiger partial charge in [-0.2, -0.15) is 8.42 Å². The lowest BCUT2D eigenvalue weighted by atomic mass is 10.00. The summed E-state index contributed by atoms with van der Waals surface area (Å²) in [6, 6.07) is 8.80. The van der Waals surface area contributed by atoms with Crippen molar-refractivity contribution in [3.63, 3.8) is 0 Å². The zero-order valence-electron chi connectivity index (χ0n) is 20.0. The molecule has 3 atom stereocenters. The van der Waals surface area contributed by atoms with Gasteiger partial charge in [-0.3, -0.25) is 8.98 Å². The number of hydrogen-bond acceptors (Lipinski definition) is 10. The molecule has 0 aliphatic rings. The number of aliphatic hydroxyl groups excluding tert-OH is 1. The minimum atomic E-state index is -4.13. The number of thiophene rings is 1. The zero-order chi connectivity index (χ0) is 27.2. The topological polar surface area (TPSA) is 157 Å². The Bertz CT molecular complexity index is 1340. The van der Waals surface area contributed by atoms with Crippen molar-refractivity contribution in [3.8, 4) is 0 Å². The number of carbonyl (C=O) groups is 1. The van der Waals surface area contributed by atoms with E-state index in [1.807, 2.05) is 18.2 Å². The number of aliphatic hydroxyl groups is 1. The highest BCUT2D eigenvalue weighted by molar-refractivity contribution is 7.84. The van der Waals surface area contributed by atoms with Crippen molar-refractivity contribution in [1.82, 2.24) is 15.3 Å². The molecule has 0 radical (unpaired) electrons. The van der Waals surface area contributed by atoms with Gasteiger partial charge in [0.25, 0.3) is 0 Å². The van der Waals surface area contributed by atoms with Crippen LogP contribution in [-0.4, -0.2) is 55.6 Å². The summed E-state index contributed by atoms with van der Waals surface area (Å²) in [5, 5.41) is 22.1. The van der Waals surface area contributed by atoms with E-state index in [4.69, 9.17) is 28.3 Å². The zero-order valence-corrected chi connectivity index (χ0v) is 23.2. The average molecular weight is 589 g/mol. The molecule has 1 aromatic carbocycles. The van der Waals surface area contributed by atoms with E-state index >= 15 is 0 Å². The standard InChI is InChI=1S/C23H27Cl2N5O5S2/c1-3-13(11-35-37(26,33)34)18(31)10-29-23-17(9-28-12-30-23)21(32)19-8-16(22(25)36-19)20(27-2)14-5-4-6-15(24)7-14/h4-9,12-13,18,20,27,31H,3,10-11H2,1-2H3,(H2,26,33,34)(H,28,29,30)/t13-,18+,20?/m1/s1. The fourth-order valence-electron chi connectivity index (χ4n) is 3.70. The fraction of sp³-hybridized carbons (Fsp3) is 0.348. The van der Waals surface area contributed by atoms with Gasteiger partial charge < -0.3 is 15.7 Å². The highest BCUT2D eigenvalue weighted by Gasteiger charge is 2.25. The van der Waals surface area contributed by atoms with Crippen molar-refractivity contribution in [2.24, 2.45) is 11.1 Å². The van der Waals surface area contributed by atoms with E-state index in [1.165, 1.54) is 12.5 Å². The molecule has 1 unspecified atom stereocenters. The van der Waals surface area contributed by atoms with Crippen LogP contribution in [-0.2, 0) is 14.5 Å². The smallest absolute Gasteiger partial charge is 0.333 e. The highest BCUT2D eigenvalue weighted by atomic mass is 35.5. The minimum absolute atomic E-state index is 0.0170. The van der Waals surface area contributed by atoms with Crippen LogP contribution in [0.1, 0.15) is 45.7 Å². The summed E-state index contributed by atoms with van der Waals surface area (Å²) in [5.41, 5.74) is 1.81. The summed E-state index contributed by atoms with van der Waals surface area (Å²) in [4.78, 5) is 21.9. The van der Waals surface area contributed by atoms with Gasteiger partial charge in [0.1, 0.15) is 12.1 Å². The number of aromatic nitrogens is 2. The maximum Gasteiger partial charge on any atom is 0.333 e. The molecule has 3 aromatic rings. The maximum absolute atomic E-state index is 13.4. The van der Waals surface area contributed by atoms with Crippen LogP contribution in [0.4, 0.5) is 5.82 Å². The summed E-state index contributed by atoms with van der Waals surface area (Å²) in [6.07, 6.45) is 2.09. The van der Waals surface area contributed by atoms with Gasteiger partial charge in [-0.05, 0) is 37.2 Å². The number of nitrogens with zero attached hydrogens (tertiary/aromatic N) is 2. The third kappa shape index (κ3) is 7.91. The van der Waals surface area contributed by atoms with E-state index in [2.05, 4.69) is 24.8 Å². The molecular formula is C23H27Cl2N5O5S2. The van der Waals surface area contributed by atoms with Crippen LogP contribution in [0.3, 0.4) is 0 Å². The van der Waals surface area contributed by atoms with E-state index in [0.29, 0.717) is 20.7 Å². The third-order valence-electron chi connectivity index (χ3n) is 5.67. The van der Waals surface area contributed by atoms with Gasteiger partial charge in [0.05, 0.1) is 33.5 Å². The van der Waals surface area contributed by atoms with Crippen molar-refractivity contribution in [2.45, 2.75) is 25.5 Å². The molecule has 0 saturated carbocycles. The molecular weight excluding hydrogens is 561 g/mol. The molecule has 10 nitrogen and oxygen atoms in total. The van der Waals surface area contributed by atoms with Gasteiger partial charge >= 0.3 is 10.3 Å². The average Bonchev–Trinajstić information content (AvgIpc) is 3.24. The van der Waals surface area contributed by atoms with E-state index in [-0.39, 0.29) is 36.4 Å². The minimum Gasteiger partial charge on any atom is -0.391 e. The lowest BCUT2D eigenvalue weighted by Gasteiger charge is -2.21. The van der Waals surface area contributed by atoms with E-state index in [0.717, 1.165) is 22.5 Å². The SMILES string of the molecule is CC[C@H](COS(N)(=O)=O)[C@@H](O)CNc1ncncc1C(=O)c1cc(C(NC)c2cccc(Cl)c2)c(Cl)s1. The number of nitrogens with two attached hydrogens (primary N) is 1. The molecule has 0 amide bonds. The van der Waals surface area contributed by atoms with Gasteiger partial charge in [-0.15, -0.1) is 11.3 Å². The Morgan fingerprint density at radius 3 is 2.70 bits per heavy atom. The summed E-state index contributed by atoms with van der Waals surface area (Å²) in [6.45, 7) is 1.49. The number of halogens is 2. The second-order valence-corrected chi connectivity index (χ2v) is 11.4. The molecule has 2 heterocycles. The van der Waals surface area contributed by atoms with Crippen LogP contribution in [0.5, 0.6) is 0 Å². The quantitative estimate of drug-likeness (QED) is 0.220. The van der Waals surface area contributed by atoms with E-state index < -0.39 is 22.3 Å². The number of anilines is 1. The number of nitrogens with one attached hydrogen (secondary N) is 2. The molecule has 0 fully saturated rings. The predicted molar refractivity (Wildman–Crippen MR) is 144 cm³/mol. The summed E-state index contributed by atoms with van der Waals surface area (Å²) < 4.78 is 27.2. The highest BCUT2D eigenvalue weighted by Crippen LogP contribution is 2.37. The molecule has 14 heteroatoms. The van der Waals surface area contributed by atoms with Gasteiger partial charge in [-0.25, -0.2) is 15.1 Å². The molecule has 0 aliphatic heterocycles. The van der Waals surface area contributed by atoms with Crippen LogP contribution in [0.2, 0.25) is 9.36 Å². The van der Waals surface area contributed by atoms with E-state index in [9.17, 15) is 18.3 Å². The number of ketones is 1. The van der Waals surface area contributed by atoms with Crippen molar-refractivity contribution in [3.05, 3.63) is 73.8 Å². The number of rotatable bonds is 13. The van der Waals surface area contributed by atoms with Crippen LogP contribution < -0.4 is 15.8 Å². The Hall–Kier alpha value is -2.16. The van der Waals surface area contributed by atoms with Crippen LogP contribution in [0, 0.1) is 5.92 Å². The van der Waals surface area contributed by atoms with Crippen LogP contribution in [0.15, 0.2) is 42.9 Å². The van der Waals surface area contributed by atoms with E-state index in [1.54, 1.807) is 26.1 Å². The van der Waals surface area contributed by atoms with Crippen LogP contribution >= 0.6 is 34.5 Å². The molecule has 37 heavy (non-hydrogen) atoms. The summed E-state index contributed by atoms with van der Waals surface area (Å²) in [7, 11) is -2.34. The van der Waals surface area contributed by atoms with Crippen molar-refractivity contribution in [1.29, 1.82) is 0 Å². The Morgan fingerprint density at radius 1 is 1.30 bits per heavy atom. The first-order chi connectivity index (χ1) is 17.5. The van der Waals surface area contributed by atoms with Gasteiger partial charge in [0.15, 0.2) is 0 Å². The van der Waals surface area contributed by atoms with Gasteiger partial charge in [-0.1, -0.05) is 42.3 Å². The van der Waals surface area contributed by atoms with Gasteiger partial charge in [0, 0.05) is 29.2 Å². The first-order valence-corrected chi connectivity index (χ1v) is 14.2. The molecule has 2 aromatic heterocycles. The molecule has 200 valence electrons. The number of hydrogen-bond donors (Lipinski definition) is 4. The predicted octanol–water partition coefficient (Wildman–Crippen LogP) is 3.40. The second-order valence-electron chi connectivity index (χ2n) is 8.12. The largest absolute Gasteiger partial charge is 0.391 e. The summed E-state index contributed by atoms with van der Waals surface area (Å²) >= 11 is 13.8. The Morgan fingerprint density at radius 2 is 2.05 bits per heavy atom. The third-order valence-corrected chi connectivity index (χ3v) is 7.76. The molecule has 5 N–H and O–H groups in total. The lowest BCUT2D eigenvalue weighted by molar-refractivity contribution is 0.0839. The normalized spacial score (nSPS) is 14.2. The maximum atomic E-state index is 13.4. The monoisotopic (exact) mass is 587 g/mol. The molecule has 0 aliphatic carbocycles. The Labute approximate surface area is 229 Å². The Kier molecular flexibility index (Phi) is 10.4. The van der Waals surface area contributed by atoms with Gasteiger partial charge in [0.2, 0.25) is 5.78 Å². The van der Waals surface area contributed by atoms with Crippen molar-refractivity contribution >= 4 is 56.4 Å². The molecule has 0 spiro atoms. The van der Waals surface area contributed by atoms with Crippen molar-refractivity contribution in [2.75, 3.05) is 25.5 Å². The first kappa shape index (κ1) is 29.4. The number of benzene rings is 1. The fourth-order valence-corrected chi connectivity index (χ4v) is 5.55. The molecule has 3 rings (SSSR count). The summed E-state index contributed by atoms with van der Waals surface area (Å²) in [5.74, 6) is -0.649. The first-order valence-electron chi connectivity index (χ1n) is 11.2. The molecule has 0 saturated heterocycles.